The van der Waals surface area contributed by atoms with Gasteiger partial charge in [0.2, 0.25) is 0 Å². The molecule has 0 aliphatic heterocycles. The molecule has 0 fully saturated rings. The predicted molar refractivity (Wildman–Crippen MR) is 276 cm³/mol. The van der Waals surface area contributed by atoms with E-state index >= 15 is 0 Å². The molecule has 0 saturated heterocycles. The van der Waals surface area contributed by atoms with Crippen molar-refractivity contribution in [2.24, 2.45) is 21.7 Å². The molecule has 0 aromatic rings. The summed E-state index contributed by atoms with van der Waals surface area (Å²) in [6.07, 6.45) is 9.98. The van der Waals surface area contributed by atoms with Gasteiger partial charge >= 0.3 is 21.7 Å². The Morgan fingerprint density at radius 2 is 0.356 bits per heavy atom. The summed E-state index contributed by atoms with van der Waals surface area (Å²) >= 11 is 0. The van der Waals surface area contributed by atoms with E-state index in [0.717, 1.165) is 51.4 Å². The van der Waals surface area contributed by atoms with Gasteiger partial charge in [-0.2, -0.15) is 0 Å². The number of carboxylic acid groups (broad SMARTS) is 4. The van der Waals surface area contributed by atoms with Crippen molar-refractivity contribution in [3.8, 4) is 0 Å². The van der Waals surface area contributed by atoms with Crippen LogP contribution in [0.2, 0.25) is 0 Å². The first-order valence-electron chi connectivity index (χ1n) is 27.7. The minimum absolute atomic E-state index is 0. The fourth-order valence-corrected chi connectivity index (χ4v) is 9.11. The Bertz CT molecular complexity index is 1170. The molecule has 0 aromatic carbocycles. The van der Waals surface area contributed by atoms with Crippen molar-refractivity contribution >= 4 is 23.9 Å². The third kappa shape index (κ3) is 21.9. The van der Waals surface area contributed by atoms with E-state index in [9.17, 15) is 39.6 Å². The molecule has 432 valence electrons. The van der Waals surface area contributed by atoms with Gasteiger partial charge in [-0.25, -0.2) is 0 Å². The van der Waals surface area contributed by atoms with Crippen LogP contribution < -0.4 is 20.4 Å². The molecule has 0 amide bonds. The maximum atomic E-state index is 11.6. The van der Waals surface area contributed by atoms with E-state index in [2.05, 4.69) is 0 Å². The van der Waals surface area contributed by atoms with Crippen LogP contribution in [0.15, 0.2) is 0 Å². The predicted octanol–water partition coefficient (Wildman–Crippen LogP) is 8.45. The van der Waals surface area contributed by atoms with Gasteiger partial charge in [-0.1, -0.05) is 111 Å². The molecule has 0 aromatic heterocycles. The molecular formula is C56H108O16Ti. The number of hydrogen-bond acceptors (Lipinski definition) is 16. The van der Waals surface area contributed by atoms with E-state index in [0.29, 0.717) is 104 Å². The largest absolute Gasteiger partial charge is 4.00 e. The second-order valence-electron chi connectivity index (χ2n) is 18.9. The Hall–Kier alpha value is -1.73. The van der Waals surface area contributed by atoms with Crippen molar-refractivity contribution in [3.63, 3.8) is 0 Å². The average molecular weight is 1090 g/mol. The molecule has 0 atom stereocenters. The summed E-state index contributed by atoms with van der Waals surface area (Å²) < 4.78 is 46.0. The summed E-state index contributed by atoms with van der Waals surface area (Å²) in [4.78, 5) is 46.3. The molecule has 0 aliphatic rings. The van der Waals surface area contributed by atoms with Crippen LogP contribution in [-0.2, 0) is 78.8 Å². The molecule has 0 saturated carbocycles. The zero-order valence-electron chi connectivity index (χ0n) is 50.0. The monoisotopic (exact) mass is 1080 g/mol. The van der Waals surface area contributed by atoms with Gasteiger partial charge in [-0.3, -0.25) is 0 Å². The molecular weight excluding hydrogens is 976 g/mol. The van der Waals surface area contributed by atoms with E-state index in [4.69, 9.17) is 37.9 Å². The SMILES string of the molecule is CCCOC(C)(OCCC)C(CC)(CC)C(=O)[O-].CCCOC(C)(OCCC)C(CC)(CC)C(=O)[O-].CCCOC(C)(OCCC)C(CC)(CC)C(=O)[O-].CCCOC(C)(OCCC)C(CC)(CC)C(=O)[O-].[Ti+4]. The van der Waals surface area contributed by atoms with Crippen LogP contribution in [-0.4, -0.2) is 99.9 Å². The summed E-state index contributed by atoms with van der Waals surface area (Å²) in [5, 5.41) is 46.3. The van der Waals surface area contributed by atoms with Gasteiger partial charge in [0, 0.05) is 52.9 Å². The minimum Gasteiger partial charge on any atom is -0.549 e. The Morgan fingerprint density at radius 3 is 0.411 bits per heavy atom. The van der Waals surface area contributed by atoms with Crippen LogP contribution in [0.5, 0.6) is 0 Å². The molecule has 17 heteroatoms. The Kier molecular flexibility index (Phi) is 45.4. The van der Waals surface area contributed by atoms with Crippen LogP contribution in [0.25, 0.3) is 0 Å². The molecule has 0 aliphatic carbocycles. The third-order valence-electron chi connectivity index (χ3n) is 14.5. The van der Waals surface area contributed by atoms with Gasteiger partial charge in [-0.05, 0) is 130 Å². The quantitative estimate of drug-likeness (QED) is 0.0413. The van der Waals surface area contributed by atoms with E-state index < -0.39 is 68.7 Å². The number of aliphatic carboxylic acids is 4. The first-order valence-corrected chi connectivity index (χ1v) is 27.7. The van der Waals surface area contributed by atoms with Gasteiger partial charge in [0.25, 0.3) is 0 Å². The summed E-state index contributed by atoms with van der Waals surface area (Å²) in [6.45, 7) is 41.3. The van der Waals surface area contributed by atoms with Crippen molar-refractivity contribution in [1.29, 1.82) is 0 Å². The number of ether oxygens (including phenoxy) is 8. The zero-order valence-corrected chi connectivity index (χ0v) is 51.6. The van der Waals surface area contributed by atoms with Gasteiger partial charge in [-0.15, -0.1) is 0 Å². The Labute approximate surface area is 460 Å². The van der Waals surface area contributed by atoms with Crippen LogP contribution in [0, 0.1) is 21.7 Å². The fourth-order valence-electron chi connectivity index (χ4n) is 9.11. The Morgan fingerprint density at radius 1 is 0.260 bits per heavy atom. The topological polar surface area (TPSA) is 234 Å². The molecule has 0 heterocycles. The summed E-state index contributed by atoms with van der Waals surface area (Å²) in [6, 6.07) is 0. The summed E-state index contributed by atoms with van der Waals surface area (Å²) in [7, 11) is 0. The van der Waals surface area contributed by atoms with Crippen LogP contribution >= 0.6 is 0 Å². The number of carbonyl (C=O) groups is 4. The molecule has 0 bridgehead atoms. The number of rotatable bonds is 40. The first-order chi connectivity index (χ1) is 33.7. The van der Waals surface area contributed by atoms with E-state index in [-0.39, 0.29) is 21.7 Å². The van der Waals surface area contributed by atoms with Crippen molar-refractivity contribution in [2.75, 3.05) is 52.9 Å². The molecule has 16 nitrogen and oxygen atoms in total. The van der Waals surface area contributed by atoms with Crippen LogP contribution in [0.4, 0.5) is 0 Å². The zero-order chi connectivity index (χ0) is 56.9. The van der Waals surface area contributed by atoms with E-state index in [1.54, 1.807) is 27.7 Å². The first kappa shape index (κ1) is 80.1. The van der Waals surface area contributed by atoms with Crippen LogP contribution in [0.1, 0.15) is 241 Å². The standard InChI is InChI=1S/4C14H28O4.Ti/c4*1-6-10-17-13(5,18-11-7-2)14(8-3,9-4)12(15)16;/h4*6-11H2,1-5H3,(H,15,16);/q;;;;+4/p-4. The van der Waals surface area contributed by atoms with Gasteiger partial charge in [0.1, 0.15) is 0 Å². The second kappa shape index (κ2) is 41.4. The maximum absolute atomic E-state index is 11.6. The Balaban J connectivity index is -0.000000280. The normalized spacial score (nSPS) is 12.5. The van der Waals surface area contributed by atoms with Crippen molar-refractivity contribution < 1.29 is 99.2 Å². The molecule has 0 N–H and O–H groups in total. The molecule has 0 radical (unpaired) electrons. The molecule has 0 rings (SSSR count). The van der Waals surface area contributed by atoms with Crippen molar-refractivity contribution in [3.05, 3.63) is 0 Å². The number of carbonyl (C=O) groups excluding carboxylic acids is 4. The average Bonchev–Trinajstić information content (AvgIpc) is 3.36. The van der Waals surface area contributed by atoms with Gasteiger partial charge in [0.15, 0.2) is 23.1 Å². The van der Waals surface area contributed by atoms with Gasteiger partial charge < -0.3 is 77.5 Å². The van der Waals surface area contributed by atoms with Crippen molar-refractivity contribution in [1.82, 2.24) is 0 Å². The third-order valence-corrected chi connectivity index (χ3v) is 14.5. The minimum atomic E-state index is -1.12. The molecule has 0 unspecified atom stereocenters. The number of hydrogen-bond donors (Lipinski definition) is 0. The van der Waals surface area contributed by atoms with E-state index in [1.807, 2.05) is 111 Å². The van der Waals surface area contributed by atoms with Crippen LogP contribution in [0.3, 0.4) is 0 Å². The van der Waals surface area contributed by atoms with E-state index in [1.165, 1.54) is 0 Å². The summed E-state index contributed by atoms with van der Waals surface area (Å²) in [5.41, 5.74) is -4.40. The van der Waals surface area contributed by atoms with Crippen molar-refractivity contribution in [2.45, 2.75) is 264 Å². The maximum Gasteiger partial charge on any atom is 4.00 e. The smallest absolute Gasteiger partial charge is 0.549 e. The number of carboxylic acids is 4. The molecule has 73 heavy (non-hydrogen) atoms. The van der Waals surface area contributed by atoms with Gasteiger partial charge in [0.05, 0.1) is 45.5 Å². The fraction of sp³-hybridized carbons (Fsp3) is 0.929. The summed E-state index contributed by atoms with van der Waals surface area (Å²) in [5.74, 6) is -8.88. The molecule has 0 spiro atoms. The second-order valence-corrected chi connectivity index (χ2v) is 18.9.